The highest BCUT2D eigenvalue weighted by atomic mass is 32.3. The van der Waals surface area contributed by atoms with Gasteiger partial charge in [0, 0.05) is 12.8 Å². The molecule has 0 aromatic carbocycles. The zero-order valence-electron chi connectivity index (χ0n) is 11.1. The minimum absolute atomic E-state index is 0.0914. The molecule has 0 atom stereocenters. The van der Waals surface area contributed by atoms with E-state index in [0.717, 1.165) is 0 Å². The first-order valence-corrected chi connectivity index (χ1v) is 7.60. The summed E-state index contributed by atoms with van der Waals surface area (Å²) in [6.07, 6.45) is 5.69. The van der Waals surface area contributed by atoms with E-state index in [1.807, 2.05) is 0 Å². The van der Waals surface area contributed by atoms with Crippen molar-refractivity contribution in [3.8, 4) is 0 Å². The normalized spacial score (nSPS) is 18.6. The van der Waals surface area contributed by atoms with Crippen LogP contribution in [-0.2, 0) is 14.6 Å². The van der Waals surface area contributed by atoms with Gasteiger partial charge in [-0.25, -0.2) is 8.42 Å². The van der Waals surface area contributed by atoms with E-state index in [2.05, 4.69) is 18.2 Å². The van der Waals surface area contributed by atoms with Gasteiger partial charge in [0.25, 0.3) is 0 Å². The highest BCUT2D eigenvalue weighted by molar-refractivity contribution is 7.80. The molecule has 1 aliphatic heterocycles. The molecule has 0 unspecified atom stereocenters. The Morgan fingerprint density at radius 3 is 2.06 bits per heavy atom. The molecule has 0 aromatic heterocycles. The molecular formula is C11H25NO4S. The Balaban J connectivity index is 0.000000325. The van der Waals surface area contributed by atoms with Crippen LogP contribution in [-0.4, -0.2) is 50.7 Å². The highest BCUT2D eigenvalue weighted by Gasteiger charge is 2.25. The van der Waals surface area contributed by atoms with Crippen LogP contribution in [0.15, 0.2) is 0 Å². The van der Waals surface area contributed by atoms with Crippen LogP contribution in [0.2, 0.25) is 0 Å². The van der Waals surface area contributed by atoms with Gasteiger partial charge in [-0.15, -0.1) is 0 Å². The molecule has 1 aliphatic rings. The topological polar surface area (TPSA) is 66.4 Å². The number of unbranched alkanes of at least 4 members (excludes halogenated alkanes) is 1. The second-order valence-corrected chi connectivity index (χ2v) is 5.72. The fourth-order valence-electron chi connectivity index (χ4n) is 2.01. The summed E-state index contributed by atoms with van der Waals surface area (Å²) in [7, 11) is -2.02. The first-order valence-electron chi connectivity index (χ1n) is 6.27. The van der Waals surface area contributed by atoms with E-state index < -0.39 is 10.4 Å². The van der Waals surface area contributed by atoms with Crippen LogP contribution in [0.5, 0.6) is 0 Å². The average Bonchev–Trinajstić information content (AvgIpc) is 2.62. The summed E-state index contributed by atoms with van der Waals surface area (Å²) in [4.78, 5) is 0. The molecule has 104 valence electrons. The predicted molar refractivity (Wildman–Crippen MR) is 66.3 cm³/mol. The summed E-state index contributed by atoms with van der Waals surface area (Å²) < 4.78 is 33.4. The molecule has 0 bridgehead atoms. The molecule has 0 amide bonds. The fourth-order valence-corrected chi connectivity index (χ4v) is 2.30. The summed E-state index contributed by atoms with van der Waals surface area (Å²) in [5.74, 6) is 0. The maximum atomic E-state index is 9.45. The van der Waals surface area contributed by atoms with Crippen molar-refractivity contribution >= 4 is 10.4 Å². The number of nitrogens with zero attached hydrogens (tertiary/aromatic N) is 1. The smallest absolute Gasteiger partial charge is 0.217 e. The van der Waals surface area contributed by atoms with Gasteiger partial charge in [-0.2, -0.15) is 0 Å². The van der Waals surface area contributed by atoms with Crippen LogP contribution >= 0.6 is 0 Å². The molecule has 1 saturated heterocycles. The summed E-state index contributed by atoms with van der Waals surface area (Å²) in [5.41, 5.74) is 0. The molecule has 6 heteroatoms. The first kappa shape index (κ1) is 16.8. The molecule has 0 N–H and O–H groups in total. The molecule has 0 aromatic rings. The van der Waals surface area contributed by atoms with Gasteiger partial charge in [0.15, 0.2) is 0 Å². The van der Waals surface area contributed by atoms with Gasteiger partial charge >= 0.3 is 0 Å². The van der Waals surface area contributed by atoms with E-state index in [1.165, 1.54) is 56.7 Å². The van der Waals surface area contributed by atoms with E-state index in [-0.39, 0.29) is 6.61 Å². The quantitative estimate of drug-likeness (QED) is 0.430. The molecule has 0 saturated carbocycles. The van der Waals surface area contributed by atoms with Gasteiger partial charge in [0.05, 0.1) is 33.3 Å². The summed E-state index contributed by atoms with van der Waals surface area (Å²) in [6, 6.07) is 0. The third-order valence-corrected chi connectivity index (χ3v) is 3.48. The lowest BCUT2D eigenvalue weighted by atomic mass is 10.3. The molecule has 1 fully saturated rings. The van der Waals surface area contributed by atoms with Gasteiger partial charge in [-0.3, -0.25) is 4.18 Å². The lowest BCUT2D eigenvalue weighted by Crippen LogP contribution is -2.41. The lowest BCUT2D eigenvalue weighted by molar-refractivity contribution is -0.897. The Labute approximate surface area is 105 Å². The van der Waals surface area contributed by atoms with E-state index in [1.54, 1.807) is 0 Å². The van der Waals surface area contributed by atoms with E-state index in [4.69, 9.17) is 0 Å². The first-order chi connectivity index (χ1) is 7.83. The zero-order valence-corrected chi connectivity index (χ0v) is 12.0. The number of hydrogen-bond acceptors (Lipinski definition) is 4. The van der Waals surface area contributed by atoms with Crippen molar-refractivity contribution in [2.45, 2.75) is 39.5 Å². The summed E-state index contributed by atoms with van der Waals surface area (Å²) in [5, 5.41) is 0. The Kier molecular flexibility index (Phi) is 7.94. The van der Waals surface area contributed by atoms with Crippen LogP contribution in [0.25, 0.3) is 0 Å². The lowest BCUT2D eigenvalue weighted by Gasteiger charge is -2.28. The van der Waals surface area contributed by atoms with Gasteiger partial charge in [-0.1, -0.05) is 13.3 Å². The van der Waals surface area contributed by atoms with Crippen molar-refractivity contribution in [3.63, 3.8) is 0 Å². The third kappa shape index (κ3) is 9.52. The minimum atomic E-state index is -4.42. The minimum Gasteiger partial charge on any atom is -0.726 e. The van der Waals surface area contributed by atoms with Gasteiger partial charge in [0.2, 0.25) is 10.4 Å². The van der Waals surface area contributed by atoms with Crippen LogP contribution in [0.4, 0.5) is 0 Å². The van der Waals surface area contributed by atoms with E-state index in [9.17, 15) is 13.0 Å². The number of quaternary nitrogens is 1. The van der Waals surface area contributed by atoms with Crippen LogP contribution in [0.1, 0.15) is 39.5 Å². The molecule has 1 heterocycles. The Morgan fingerprint density at radius 2 is 1.76 bits per heavy atom. The number of likely N-dealkylation sites (tertiary alicyclic amines) is 1. The largest absolute Gasteiger partial charge is 0.726 e. The van der Waals surface area contributed by atoms with Crippen molar-refractivity contribution in [1.82, 2.24) is 0 Å². The Bertz CT molecular complexity index is 284. The second kappa shape index (κ2) is 8.02. The molecule has 5 nitrogen and oxygen atoms in total. The van der Waals surface area contributed by atoms with Crippen molar-refractivity contribution < 1.29 is 21.6 Å². The van der Waals surface area contributed by atoms with Crippen molar-refractivity contribution in [2.24, 2.45) is 0 Å². The number of rotatable bonds is 5. The third-order valence-electron chi connectivity index (χ3n) is 2.96. The van der Waals surface area contributed by atoms with Crippen LogP contribution in [0, 0.1) is 0 Å². The molecule has 0 radical (unpaired) electrons. The predicted octanol–water partition coefficient (Wildman–Crippen LogP) is 1.51. The Morgan fingerprint density at radius 1 is 1.24 bits per heavy atom. The molecular weight excluding hydrogens is 242 g/mol. The maximum absolute atomic E-state index is 9.45. The van der Waals surface area contributed by atoms with Crippen LogP contribution in [0.3, 0.4) is 0 Å². The molecule has 1 rings (SSSR count). The average molecular weight is 267 g/mol. The van der Waals surface area contributed by atoms with Crippen LogP contribution < -0.4 is 0 Å². The summed E-state index contributed by atoms with van der Waals surface area (Å²) in [6.45, 7) is 7.89. The Hall–Kier alpha value is -0.170. The van der Waals surface area contributed by atoms with E-state index in [0.29, 0.717) is 0 Å². The highest BCUT2D eigenvalue weighted by Crippen LogP contribution is 2.16. The second-order valence-electron chi connectivity index (χ2n) is 4.67. The fraction of sp³-hybridized carbons (Fsp3) is 1.00. The molecule has 0 aliphatic carbocycles. The zero-order chi connectivity index (χ0) is 13.4. The molecule has 17 heavy (non-hydrogen) atoms. The van der Waals surface area contributed by atoms with Gasteiger partial charge in [0.1, 0.15) is 0 Å². The van der Waals surface area contributed by atoms with Crippen molar-refractivity contribution in [2.75, 3.05) is 33.3 Å². The van der Waals surface area contributed by atoms with E-state index >= 15 is 0 Å². The summed E-state index contributed by atoms with van der Waals surface area (Å²) >= 11 is 0. The number of hydrogen-bond donors (Lipinski definition) is 0. The maximum Gasteiger partial charge on any atom is 0.217 e. The monoisotopic (exact) mass is 267 g/mol. The van der Waals surface area contributed by atoms with Crippen molar-refractivity contribution in [1.29, 1.82) is 0 Å². The van der Waals surface area contributed by atoms with Gasteiger partial charge in [-0.05, 0) is 13.3 Å². The standard InChI is InChI=1S/C9H20N.C2H6O4S/c1-3-4-7-10(2)8-5-6-9-10;1-2-6-7(3,4)5/h3-9H2,1-2H3;2H2,1H3,(H,3,4,5)/q+1;/p-1. The molecule has 0 spiro atoms. The van der Waals surface area contributed by atoms with Gasteiger partial charge < -0.3 is 9.04 Å². The SMILES string of the molecule is CCCC[N+]1(C)CCCC1.CCOS(=O)(=O)[O-]. The van der Waals surface area contributed by atoms with Crippen molar-refractivity contribution in [3.05, 3.63) is 0 Å².